The summed E-state index contributed by atoms with van der Waals surface area (Å²) in [5.41, 5.74) is 0.605. The number of carbonyl (C=O) groups is 1. The number of anilines is 1. The second-order valence-corrected chi connectivity index (χ2v) is 4.47. The molecule has 1 aromatic carbocycles. The van der Waals surface area contributed by atoms with Gasteiger partial charge in [-0.15, -0.1) is 0 Å². The zero-order valence-electron chi connectivity index (χ0n) is 8.38. The van der Waals surface area contributed by atoms with Crippen LogP contribution in [0, 0.1) is 0 Å². The number of carbonyl (C=O) groups excluding carboxylic acids is 1. The van der Waals surface area contributed by atoms with Crippen LogP contribution >= 0.6 is 27.5 Å². The largest absolute Gasteiger partial charge is 0.447 e. The van der Waals surface area contributed by atoms with Crippen molar-refractivity contribution in [1.29, 1.82) is 0 Å². The van der Waals surface area contributed by atoms with Crippen molar-refractivity contribution in [2.75, 3.05) is 5.32 Å². The Morgan fingerprint density at radius 1 is 1.53 bits per heavy atom. The second-order valence-electron chi connectivity index (χ2n) is 3.21. The minimum absolute atomic E-state index is 0.143. The normalized spacial score (nSPS) is 10.2. The van der Waals surface area contributed by atoms with Gasteiger partial charge in [-0.1, -0.05) is 11.6 Å². The minimum Gasteiger partial charge on any atom is -0.447 e. The molecule has 1 N–H and O–H groups in total. The van der Waals surface area contributed by atoms with Gasteiger partial charge in [-0.3, -0.25) is 5.32 Å². The molecule has 0 radical (unpaired) electrons. The van der Waals surface area contributed by atoms with Crippen molar-refractivity contribution in [2.45, 2.75) is 20.0 Å². The third kappa shape index (κ3) is 4.10. The Morgan fingerprint density at radius 3 is 2.73 bits per heavy atom. The minimum atomic E-state index is -0.483. The molecule has 5 heteroatoms. The fraction of sp³-hybridized carbons (Fsp3) is 0.300. The molecule has 0 saturated heterocycles. The molecular weight excluding hydrogens is 281 g/mol. The van der Waals surface area contributed by atoms with Gasteiger partial charge in [-0.2, -0.15) is 0 Å². The standard InChI is InChI=1S/C10H11BrClNO2/c1-6(2)15-10(14)13-7-3-4-8(11)9(12)5-7/h3-6H,1-2H3,(H,13,14). The molecule has 1 aromatic rings. The molecule has 0 saturated carbocycles. The Morgan fingerprint density at radius 2 is 2.20 bits per heavy atom. The van der Waals surface area contributed by atoms with Gasteiger partial charge in [0.2, 0.25) is 0 Å². The fourth-order valence-electron chi connectivity index (χ4n) is 0.935. The molecule has 0 heterocycles. The van der Waals surface area contributed by atoms with Gasteiger partial charge in [0.25, 0.3) is 0 Å². The number of halogens is 2. The van der Waals surface area contributed by atoms with Crippen molar-refractivity contribution in [3.8, 4) is 0 Å². The molecule has 0 bridgehead atoms. The number of amides is 1. The van der Waals surface area contributed by atoms with Crippen molar-refractivity contribution >= 4 is 39.3 Å². The predicted octanol–water partition coefficient (Wildman–Crippen LogP) is 4.06. The molecule has 0 aliphatic heterocycles. The Balaban J connectivity index is 2.65. The van der Waals surface area contributed by atoms with Crippen LogP contribution in [0.25, 0.3) is 0 Å². The molecule has 0 atom stereocenters. The molecular formula is C10H11BrClNO2. The van der Waals surface area contributed by atoms with E-state index < -0.39 is 6.09 Å². The molecule has 0 unspecified atom stereocenters. The van der Waals surface area contributed by atoms with Crippen LogP contribution in [-0.4, -0.2) is 12.2 Å². The van der Waals surface area contributed by atoms with Gasteiger partial charge in [-0.05, 0) is 48.0 Å². The summed E-state index contributed by atoms with van der Waals surface area (Å²) in [5.74, 6) is 0. The third-order valence-corrected chi connectivity index (χ3v) is 2.74. The number of hydrogen-bond donors (Lipinski definition) is 1. The van der Waals surface area contributed by atoms with Gasteiger partial charge in [0, 0.05) is 10.2 Å². The van der Waals surface area contributed by atoms with Crippen molar-refractivity contribution in [1.82, 2.24) is 0 Å². The number of ether oxygens (including phenoxy) is 1. The molecule has 1 rings (SSSR count). The topological polar surface area (TPSA) is 38.3 Å². The van der Waals surface area contributed by atoms with E-state index >= 15 is 0 Å². The molecule has 0 aromatic heterocycles. The molecule has 0 fully saturated rings. The van der Waals surface area contributed by atoms with Gasteiger partial charge in [0.05, 0.1) is 11.1 Å². The summed E-state index contributed by atoms with van der Waals surface area (Å²) in [6, 6.07) is 5.14. The molecule has 0 spiro atoms. The van der Waals surface area contributed by atoms with Crippen LogP contribution in [0.2, 0.25) is 5.02 Å². The quantitative estimate of drug-likeness (QED) is 0.892. The van der Waals surface area contributed by atoms with Crippen LogP contribution < -0.4 is 5.32 Å². The maximum Gasteiger partial charge on any atom is 0.411 e. The average molecular weight is 293 g/mol. The maximum absolute atomic E-state index is 11.2. The summed E-state index contributed by atoms with van der Waals surface area (Å²) in [6.45, 7) is 3.57. The first kappa shape index (κ1) is 12.3. The second kappa shape index (κ2) is 5.37. The molecule has 0 aliphatic rings. The zero-order valence-corrected chi connectivity index (χ0v) is 10.7. The Hall–Kier alpha value is -0.740. The van der Waals surface area contributed by atoms with Crippen molar-refractivity contribution < 1.29 is 9.53 Å². The average Bonchev–Trinajstić information content (AvgIpc) is 2.10. The van der Waals surface area contributed by atoms with E-state index in [2.05, 4.69) is 21.2 Å². The van der Waals surface area contributed by atoms with E-state index in [1.54, 1.807) is 32.0 Å². The third-order valence-electron chi connectivity index (χ3n) is 1.51. The lowest BCUT2D eigenvalue weighted by molar-refractivity contribution is 0.130. The summed E-state index contributed by atoms with van der Waals surface area (Å²) in [6.07, 6.45) is -0.626. The Bertz CT molecular complexity index is 368. The van der Waals surface area contributed by atoms with Crippen molar-refractivity contribution in [2.24, 2.45) is 0 Å². The summed E-state index contributed by atoms with van der Waals surface area (Å²) in [7, 11) is 0. The van der Waals surface area contributed by atoms with E-state index in [-0.39, 0.29) is 6.10 Å². The number of benzene rings is 1. The fourth-order valence-corrected chi connectivity index (χ4v) is 1.36. The lowest BCUT2D eigenvalue weighted by atomic mass is 10.3. The van der Waals surface area contributed by atoms with Crippen LogP contribution in [0.15, 0.2) is 22.7 Å². The predicted molar refractivity (Wildman–Crippen MR) is 64.4 cm³/mol. The Labute approximate surface area is 102 Å². The highest BCUT2D eigenvalue weighted by Gasteiger charge is 2.06. The van der Waals surface area contributed by atoms with Crippen molar-refractivity contribution in [3.63, 3.8) is 0 Å². The first-order chi connectivity index (χ1) is 6.99. The van der Waals surface area contributed by atoms with Crippen LogP contribution in [0.5, 0.6) is 0 Å². The number of hydrogen-bond acceptors (Lipinski definition) is 2. The van der Waals surface area contributed by atoms with Crippen LogP contribution in [0.4, 0.5) is 10.5 Å². The smallest absolute Gasteiger partial charge is 0.411 e. The lowest BCUT2D eigenvalue weighted by Crippen LogP contribution is -2.17. The Kier molecular flexibility index (Phi) is 4.42. The number of rotatable bonds is 2. The first-order valence-corrected chi connectivity index (χ1v) is 5.59. The van der Waals surface area contributed by atoms with E-state index in [9.17, 15) is 4.79 Å². The van der Waals surface area contributed by atoms with E-state index in [0.717, 1.165) is 4.47 Å². The molecule has 3 nitrogen and oxygen atoms in total. The molecule has 1 amide bonds. The summed E-state index contributed by atoms with van der Waals surface area (Å²) in [4.78, 5) is 11.2. The summed E-state index contributed by atoms with van der Waals surface area (Å²) < 4.78 is 5.70. The number of nitrogens with one attached hydrogen (secondary N) is 1. The maximum atomic E-state index is 11.2. The lowest BCUT2D eigenvalue weighted by Gasteiger charge is -2.09. The zero-order chi connectivity index (χ0) is 11.4. The molecule has 0 aliphatic carbocycles. The van der Waals surface area contributed by atoms with Gasteiger partial charge < -0.3 is 4.74 Å². The molecule has 15 heavy (non-hydrogen) atoms. The SMILES string of the molecule is CC(C)OC(=O)Nc1ccc(Br)c(Cl)c1. The van der Waals surface area contributed by atoms with E-state index in [1.807, 2.05) is 0 Å². The van der Waals surface area contributed by atoms with Gasteiger partial charge in [0.1, 0.15) is 0 Å². The highest BCUT2D eigenvalue weighted by Crippen LogP contribution is 2.25. The van der Waals surface area contributed by atoms with E-state index in [4.69, 9.17) is 16.3 Å². The summed E-state index contributed by atoms with van der Waals surface area (Å²) >= 11 is 9.12. The van der Waals surface area contributed by atoms with E-state index in [0.29, 0.717) is 10.7 Å². The van der Waals surface area contributed by atoms with Crippen LogP contribution in [-0.2, 0) is 4.74 Å². The first-order valence-electron chi connectivity index (χ1n) is 4.41. The van der Waals surface area contributed by atoms with E-state index in [1.165, 1.54) is 0 Å². The highest BCUT2D eigenvalue weighted by molar-refractivity contribution is 9.10. The monoisotopic (exact) mass is 291 g/mol. The van der Waals surface area contributed by atoms with Crippen LogP contribution in [0.1, 0.15) is 13.8 Å². The van der Waals surface area contributed by atoms with Crippen molar-refractivity contribution in [3.05, 3.63) is 27.7 Å². The molecule has 82 valence electrons. The van der Waals surface area contributed by atoms with Crippen LogP contribution in [0.3, 0.4) is 0 Å². The van der Waals surface area contributed by atoms with Gasteiger partial charge in [0.15, 0.2) is 0 Å². The van der Waals surface area contributed by atoms with Gasteiger partial charge in [-0.25, -0.2) is 4.79 Å². The highest BCUT2D eigenvalue weighted by atomic mass is 79.9. The summed E-state index contributed by atoms with van der Waals surface area (Å²) in [5, 5.41) is 3.11. The van der Waals surface area contributed by atoms with Gasteiger partial charge >= 0.3 is 6.09 Å².